The Labute approximate surface area is 78.9 Å². The van der Waals surface area contributed by atoms with Gasteiger partial charge in [0.2, 0.25) is 0 Å². The van der Waals surface area contributed by atoms with Gasteiger partial charge in [-0.05, 0) is 24.6 Å². The van der Waals surface area contributed by atoms with Gasteiger partial charge in [-0.25, -0.2) is 0 Å². The Kier molecular flexibility index (Phi) is 3.43. The molecule has 0 aromatic heterocycles. The van der Waals surface area contributed by atoms with Crippen LogP contribution in [0.2, 0.25) is 0 Å². The zero-order valence-electron chi connectivity index (χ0n) is 8.13. The maximum absolute atomic E-state index is 5.64. The van der Waals surface area contributed by atoms with Gasteiger partial charge in [-0.15, -0.1) is 0 Å². The average molecular weight is 180 g/mol. The van der Waals surface area contributed by atoms with Gasteiger partial charge in [0.15, 0.2) is 0 Å². The minimum absolute atomic E-state index is 0.735. The molecule has 72 valence electrons. The lowest BCUT2D eigenvalue weighted by Crippen LogP contribution is -2.00. The van der Waals surface area contributed by atoms with Crippen LogP contribution >= 0.6 is 0 Å². The van der Waals surface area contributed by atoms with Crippen LogP contribution in [-0.2, 0) is 0 Å². The maximum Gasteiger partial charge on any atom is 0.142 e. The average Bonchev–Trinajstić information content (AvgIpc) is 2.16. The van der Waals surface area contributed by atoms with Gasteiger partial charge in [0, 0.05) is 12.7 Å². The number of nitrogens with one attached hydrogen (secondary N) is 1. The van der Waals surface area contributed by atoms with Crippen molar-refractivity contribution in [1.29, 1.82) is 0 Å². The summed E-state index contributed by atoms with van der Waals surface area (Å²) in [6.45, 7) is 2.81. The predicted octanol–water partition coefficient (Wildman–Crippen LogP) is 2.10. The summed E-state index contributed by atoms with van der Waals surface area (Å²) in [5.74, 6) is 0.860. The lowest BCUT2D eigenvalue weighted by Gasteiger charge is -2.10. The van der Waals surface area contributed by atoms with Crippen molar-refractivity contribution in [2.75, 3.05) is 24.7 Å². The highest BCUT2D eigenvalue weighted by atomic mass is 16.5. The molecule has 1 aromatic rings. The third-order valence-corrected chi connectivity index (χ3v) is 1.73. The van der Waals surface area contributed by atoms with Gasteiger partial charge in [-0.3, -0.25) is 0 Å². The van der Waals surface area contributed by atoms with Crippen LogP contribution in [0.25, 0.3) is 0 Å². The van der Waals surface area contributed by atoms with E-state index in [4.69, 9.17) is 10.5 Å². The van der Waals surface area contributed by atoms with Gasteiger partial charge in [0.1, 0.15) is 5.75 Å². The summed E-state index contributed by atoms with van der Waals surface area (Å²) >= 11 is 0. The summed E-state index contributed by atoms with van der Waals surface area (Å²) < 4.78 is 5.51. The topological polar surface area (TPSA) is 47.3 Å². The molecule has 0 unspecified atom stereocenters. The molecule has 0 aliphatic heterocycles. The fourth-order valence-corrected chi connectivity index (χ4v) is 1.08. The van der Waals surface area contributed by atoms with E-state index < -0.39 is 0 Å². The van der Waals surface area contributed by atoms with Crippen LogP contribution in [0.15, 0.2) is 18.2 Å². The first kappa shape index (κ1) is 9.71. The highest BCUT2D eigenvalue weighted by Gasteiger charge is 2.01. The predicted molar refractivity (Wildman–Crippen MR) is 56.2 cm³/mol. The zero-order valence-corrected chi connectivity index (χ0v) is 8.13. The molecule has 0 atom stereocenters. The molecule has 0 amide bonds. The summed E-state index contributed by atoms with van der Waals surface area (Å²) in [7, 11) is 1.85. The zero-order chi connectivity index (χ0) is 9.68. The molecule has 0 bridgehead atoms. The van der Waals surface area contributed by atoms with E-state index in [1.54, 1.807) is 0 Å². The first-order chi connectivity index (χ1) is 6.27. The molecule has 0 heterocycles. The highest BCUT2D eigenvalue weighted by Crippen LogP contribution is 2.26. The summed E-state index contributed by atoms with van der Waals surface area (Å²) in [6, 6.07) is 5.59. The number of nitrogens with two attached hydrogens (primary N) is 1. The molecule has 0 aliphatic carbocycles. The summed E-state index contributed by atoms with van der Waals surface area (Å²) in [6.07, 6.45) is 1.01. The van der Waals surface area contributed by atoms with E-state index in [9.17, 15) is 0 Å². The Hall–Kier alpha value is -1.38. The molecular weight excluding hydrogens is 164 g/mol. The number of hydrogen-bond donors (Lipinski definition) is 2. The second kappa shape index (κ2) is 4.60. The van der Waals surface area contributed by atoms with Crippen molar-refractivity contribution < 1.29 is 4.74 Å². The number of benzene rings is 1. The van der Waals surface area contributed by atoms with E-state index in [1.807, 2.05) is 25.2 Å². The van der Waals surface area contributed by atoms with Crippen LogP contribution in [-0.4, -0.2) is 13.7 Å². The molecule has 0 saturated heterocycles. The van der Waals surface area contributed by atoms with Crippen molar-refractivity contribution in [2.24, 2.45) is 0 Å². The van der Waals surface area contributed by atoms with Gasteiger partial charge in [-0.2, -0.15) is 0 Å². The van der Waals surface area contributed by atoms with Crippen molar-refractivity contribution in [3.8, 4) is 5.75 Å². The van der Waals surface area contributed by atoms with Crippen LogP contribution in [0, 0.1) is 0 Å². The summed E-state index contributed by atoms with van der Waals surface area (Å²) in [5, 5.41) is 3.04. The van der Waals surface area contributed by atoms with Crippen LogP contribution in [0.5, 0.6) is 5.75 Å². The fraction of sp³-hybridized carbons (Fsp3) is 0.400. The molecule has 3 N–H and O–H groups in total. The minimum atomic E-state index is 0.735. The second-order valence-corrected chi connectivity index (χ2v) is 2.85. The number of ether oxygens (including phenoxy) is 1. The van der Waals surface area contributed by atoms with Crippen molar-refractivity contribution in [1.82, 2.24) is 0 Å². The van der Waals surface area contributed by atoms with Crippen LogP contribution in [0.4, 0.5) is 11.4 Å². The van der Waals surface area contributed by atoms with Crippen LogP contribution in [0.1, 0.15) is 13.3 Å². The van der Waals surface area contributed by atoms with Gasteiger partial charge in [-0.1, -0.05) is 6.92 Å². The van der Waals surface area contributed by atoms with Crippen LogP contribution in [0.3, 0.4) is 0 Å². The van der Waals surface area contributed by atoms with Gasteiger partial charge in [0.05, 0.1) is 12.3 Å². The Balaban J connectivity index is 2.79. The largest absolute Gasteiger partial charge is 0.491 e. The third kappa shape index (κ3) is 2.54. The monoisotopic (exact) mass is 180 g/mol. The highest BCUT2D eigenvalue weighted by molar-refractivity contribution is 5.63. The van der Waals surface area contributed by atoms with E-state index in [0.29, 0.717) is 0 Å². The first-order valence-corrected chi connectivity index (χ1v) is 4.48. The minimum Gasteiger partial charge on any atom is -0.491 e. The first-order valence-electron chi connectivity index (χ1n) is 4.48. The third-order valence-electron chi connectivity index (χ3n) is 1.73. The summed E-state index contributed by atoms with van der Waals surface area (Å²) in [4.78, 5) is 0. The van der Waals surface area contributed by atoms with Crippen molar-refractivity contribution in [2.45, 2.75) is 13.3 Å². The molecule has 3 heteroatoms. The van der Waals surface area contributed by atoms with Crippen LogP contribution < -0.4 is 15.8 Å². The number of nitrogen functional groups attached to an aromatic ring is 1. The van der Waals surface area contributed by atoms with E-state index >= 15 is 0 Å². The smallest absolute Gasteiger partial charge is 0.142 e. The standard InChI is InChI=1S/C10H16N2O/c1-3-6-13-10-5-4-8(11)7-9(10)12-2/h4-5,7,12H,3,6,11H2,1-2H3. The summed E-state index contributed by atoms with van der Waals surface area (Å²) in [5.41, 5.74) is 7.32. The Morgan fingerprint density at radius 1 is 1.46 bits per heavy atom. The SMILES string of the molecule is CCCOc1ccc(N)cc1NC. The van der Waals surface area contributed by atoms with Crippen molar-refractivity contribution in [3.05, 3.63) is 18.2 Å². The van der Waals surface area contributed by atoms with Gasteiger partial charge >= 0.3 is 0 Å². The molecule has 1 rings (SSSR count). The van der Waals surface area contributed by atoms with Gasteiger partial charge < -0.3 is 15.8 Å². The van der Waals surface area contributed by atoms with Gasteiger partial charge in [0.25, 0.3) is 0 Å². The molecule has 0 saturated carbocycles. The van der Waals surface area contributed by atoms with Crippen molar-refractivity contribution >= 4 is 11.4 Å². The number of hydrogen-bond acceptors (Lipinski definition) is 3. The molecule has 0 fully saturated rings. The second-order valence-electron chi connectivity index (χ2n) is 2.85. The maximum atomic E-state index is 5.64. The normalized spacial score (nSPS) is 9.69. The molecule has 3 nitrogen and oxygen atoms in total. The van der Waals surface area contributed by atoms with E-state index in [0.717, 1.165) is 30.2 Å². The molecule has 13 heavy (non-hydrogen) atoms. The number of rotatable bonds is 4. The Morgan fingerprint density at radius 2 is 2.23 bits per heavy atom. The Morgan fingerprint density at radius 3 is 2.85 bits per heavy atom. The molecule has 0 spiro atoms. The number of anilines is 2. The molecular formula is C10H16N2O. The van der Waals surface area contributed by atoms with E-state index in [2.05, 4.69) is 12.2 Å². The van der Waals surface area contributed by atoms with E-state index in [1.165, 1.54) is 0 Å². The molecule has 0 radical (unpaired) electrons. The van der Waals surface area contributed by atoms with Crippen molar-refractivity contribution in [3.63, 3.8) is 0 Å². The lowest BCUT2D eigenvalue weighted by molar-refractivity contribution is 0.319. The Bertz CT molecular complexity index is 274. The molecule has 1 aromatic carbocycles. The fourth-order valence-electron chi connectivity index (χ4n) is 1.08. The van der Waals surface area contributed by atoms with E-state index in [-0.39, 0.29) is 0 Å². The quantitative estimate of drug-likeness (QED) is 0.697. The lowest BCUT2D eigenvalue weighted by atomic mass is 10.2. The molecule has 0 aliphatic rings.